The third-order valence-electron chi connectivity index (χ3n) is 7.11. The first-order valence-electron chi connectivity index (χ1n) is 9.63. The normalized spacial score (nSPS) is 44.7. The molecule has 4 aliphatic carbocycles. The van der Waals surface area contributed by atoms with Gasteiger partial charge in [-0.2, -0.15) is 0 Å². The number of nitrogens with one attached hydrogen (secondary N) is 2. The fourth-order valence-corrected chi connectivity index (χ4v) is 6.56. The first-order chi connectivity index (χ1) is 10.6. The van der Waals surface area contributed by atoms with Crippen molar-refractivity contribution in [3.63, 3.8) is 0 Å². The second kappa shape index (κ2) is 6.92. The fraction of sp³-hybridized carbons (Fsp3) is 0.947. The number of hydrogen-bond donors (Lipinski definition) is 2. The van der Waals surface area contributed by atoms with E-state index in [0.717, 1.165) is 43.7 Å². The zero-order valence-electron chi connectivity index (χ0n) is 14.5. The summed E-state index contributed by atoms with van der Waals surface area (Å²) in [5.74, 6) is 3.62. The molecule has 0 unspecified atom stereocenters. The van der Waals surface area contributed by atoms with Crippen LogP contribution in [0.2, 0.25) is 0 Å². The van der Waals surface area contributed by atoms with Crippen LogP contribution in [0.4, 0.5) is 0 Å². The zero-order valence-corrected chi connectivity index (χ0v) is 15.3. The third kappa shape index (κ3) is 3.71. The van der Waals surface area contributed by atoms with E-state index in [4.69, 9.17) is 0 Å². The van der Waals surface area contributed by atoms with E-state index in [0.29, 0.717) is 17.4 Å². The molecule has 132 valence electrons. The van der Waals surface area contributed by atoms with Gasteiger partial charge in [0.2, 0.25) is 5.91 Å². The van der Waals surface area contributed by atoms with E-state index in [-0.39, 0.29) is 18.3 Å². The van der Waals surface area contributed by atoms with E-state index in [2.05, 4.69) is 17.6 Å². The largest absolute Gasteiger partial charge is 0.356 e. The molecule has 1 amide bonds. The van der Waals surface area contributed by atoms with Crippen LogP contribution in [-0.4, -0.2) is 25.0 Å². The van der Waals surface area contributed by atoms with Gasteiger partial charge in [-0.1, -0.05) is 0 Å². The average molecular weight is 341 g/mol. The molecule has 0 aromatic heterocycles. The lowest BCUT2D eigenvalue weighted by atomic mass is 9.49. The van der Waals surface area contributed by atoms with Gasteiger partial charge in [-0.15, -0.1) is 12.4 Å². The van der Waals surface area contributed by atoms with Gasteiger partial charge in [-0.25, -0.2) is 0 Å². The maximum atomic E-state index is 12.4. The lowest BCUT2D eigenvalue weighted by molar-refractivity contribution is -0.126. The Morgan fingerprint density at radius 2 is 1.70 bits per heavy atom. The maximum absolute atomic E-state index is 12.4. The van der Waals surface area contributed by atoms with Crippen molar-refractivity contribution >= 4 is 18.3 Å². The van der Waals surface area contributed by atoms with Gasteiger partial charge in [0.25, 0.3) is 0 Å². The van der Waals surface area contributed by atoms with E-state index in [1.54, 1.807) is 0 Å². The molecule has 5 rings (SSSR count). The second-order valence-corrected chi connectivity index (χ2v) is 9.04. The lowest BCUT2D eigenvalue weighted by Gasteiger charge is -2.57. The first kappa shape index (κ1) is 17.5. The molecular formula is C19H33ClN2O. The number of carbonyl (C=O) groups excluding carboxylic acids is 1. The molecule has 1 saturated heterocycles. The molecule has 0 radical (unpaired) electrons. The van der Waals surface area contributed by atoms with Gasteiger partial charge in [0.15, 0.2) is 0 Å². The second-order valence-electron chi connectivity index (χ2n) is 9.04. The molecule has 0 spiro atoms. The molecule has 1 heterocycles. The SMILES string of the molecule is C[C@H]1C[C@@H](C(=O)NCCC23CC4CC(CC(C4)C2)C3)CCN1.Cl. The summed E-state index contributed by atoms with van der Waals surface area (Å²) < 4.78 is 0. The molecule has 2 N–H and O–H groups in total. The maximum Gasteiger partial charge on any atom is 0.223 e. The van der Waals surface area contributed by atoms with Crippen LogP contribution < -0.4 is 10.6 Å². The van der Waals surface area contributed by atoms with Crippen LogP contribution in [0, 0.1) is 29.1 Å². The number of piperidine rings is 1. The highest BCUT2D eigenvalue weighted by atomic mass is 35.5. The predicted molar refractivity (Wildman–Crippen MR) is 95.7 cm³/mol. The van der Waals surface area contributed by atoms with Gasteiger partial charge in [-0.3, -0.25) is 4.79 Å². The van der Waals surface area contributed by atoms with Gasteiger partial charge < -0.3 is 10.6 Å². The molecule has 3 nitrogen and oxygen atoms in total. The van der Waals surface area contributed by atoms with E-state index >= 15 is 0 Å². The van der Waals surface area contributed by atoms with Crippen molar-refractivity contribution in [1.82, 2.24) is 10.6 Å². The average Bonchev–Trinajstić information content (AvgIpc) is 2.45. The quantitative estimate of drug-likeness (QED) is 0.822. The van der Waals surface area contributed by atoms with E-state index in [9.17, 15) is 4.79 Å². The Balaban J connectivity index is 0.00000156. The fourth-order valence-electron chi connectivity index (χ4n) is 6.56. The summed E-state index contributed by atoms with van der Waals surface area (Å²) in [5.41, 5.74) is 0.601. The monoisotopic (exact) mass is 340 g/mol. The highest BCUT2D eigenvalue weighted by Gasteiger charge is 2.50. The minimum atomic E-state index is 0. The molecule has 23 heavy (non-hydrogen) atoms. The highest BCUT2D eigenvalue weighted by Crippen LogP contribution is 2.61. The Morgan fingerprint density at radius 3 is 2.26 bits per heavy atom. The molecule has 1 aliphatic heterocycles. The van der Waals surface area contributed by atoms with Crippen molar-refractivity contribution in [3.05, 3.63) is 0 Å². The van der Waals surface area contributed by atoms with Crippen LogP contribution in [0.3, 0.4) is 0 Å². The van der Waals surface area contributed by atoms with Crippen LogP contribution in [0.5, 0.6) is 0 Å². The lowest BCUT2D eigenvalue weighted by Crippen LogP contribution is -2.48. The van der Waals surface area contributed by atoms with E-state index in [1.165, 1.54) is 44.9 Å². The molecular weight excluding hydrogens is 308 g/mol. The number of rotatable bonds is 4. The van der Waals surface area contributed by atoms with E-state index in [1.807, 2.05) is 0 Å². The Bertz CT molecular complexity index is 404. The van der Waals surface area contributed by atoms with Crippen molar-refractivity contribution in [3.8, 4) is 0 Å². The smallest absolute Gasteiger partial charge is 0.223 e. The van der Waals surface area contributed by atoms with Crippen LogP contribution in [0.1, 0.15) is 64.7 Å². The Labute approximate surface area is 147 Å². The number of hydrogen-bond acceptors (Lipinski definition) is 2. The molecule has 0 aromatic carbocycles. The minimum absolute atomic E-state index is 0. The van der Waals surface area contributed by atoms with Crippen molar-refractivity contribution in [2.75, 3.05) is 13.1 Å². The summed E-state index contributed by atoms with van der Waals surface area (Å²) in [6, 6.07) is 0.493. The topological polar surface area (TPSA) is 41.1 Å². The molecule has 4 bridgehead atoms. The summed E-state index contributed by atoms with van der Waals surface area (Å²) in [4.78, 5) is 12.4. The van der Waals surface area contributed by atoms with E-state index < -0.39 is 0 Å². The molecule has 5 fully saturated rings. The van der Waals surface area contributed by atoms with Crippen LogP contribution in [0.25, 0.3) is 0 Å². The zero-order chi connectivity index (χ0) is 15.2. The number of carbonyl (C=O) groups is 1. The summed E-state index contributed by atoms with van der Waals surface area (Å²) in [5, 5.41) is 6.71. The van der Waals surface area contributed by atoms with Crippen LogP contribution in [0.15, 0.2) is 0 Å². The Morgan fingerprint density at radius 1 is 1.09 bits per heavy atom. The molecule has 5 aliphatic rings. The van der Waals surface area contributed by atoms with Crippen molar-refractivity contribution in [2.45, 2.75) is 70.8 Å². The Hall–Kier alpha value is -0.280. The van der Waals surface area contributed by atoms with Gasteiger partial charge in [0, 0.05) is 18.5 Å². The number of amides is 1. The summed E-state index contributed by atoms with van der Waals surface area (Å²) in [7, 11) is 0. The van der Waals surface area contributed by atoms with Gasteiger partial charge in [-0.05, 0) is 94.4 Å². The highest BCUT2D eigenvalue weighted by molar-refractivity contribution is 5.85. The third-order valence-corrected chi connectivity index (χ3v) is 7.11. The van der Waals surface area contributed by atoms with Gasteiger partial charge in [0.05, 0.1) is 0 Å². The number of halogens is 1. The molecule has 4 saturated carbocycles. The first-order valence-corrected chi connectivity index (χ1v) is 9.63. The van der Waals surface area contributed by atoms with Crippen molar-refractivity contribution in [2.24, 2.45) is 29.1 Å². The van der Waals surface area contributed by atoms with Crippen LogP contribution >= 0.6 is 12.4 Å². The standard InChI is InChI=1S/C19H32N2O.ClH/c1-13-6-17(2-4-20-13)18(22)21-5-3-19-10-14-7-15(11-19)9-16(8-14)12-19;/h13-17,20H,2-12H2,1H3,(H,21,22);1H/t13-,14?,15?,16?,17-,19?;/m0./s1. The summed E-state index contributed by atoms with van der Waals surface area (Å²) >= 11 is 0. The van der Waals surface area contributed by atoms with Crippen molar-refractivity contribution < 1.29 is 4.79 Å². The summed E-state index contributed by atoms with van der Waals surface area (Å²) in [6.45, 7) is 4.10. The summed E-state index contributed by atoms with van der Waals surface area (Å²) in [6.07, 6.45) is 12.2. The molecule has 0 aromatic rings. The molecule has 2 atom stereocenters. The predicted octanol–water partition coefficient (Wildman–Crippen LogP) is 3.52. The van der Waals surface area contributed by atoms with Crippen LogP contribution in [-0.2, 0) is 4.79 Å². The minimum Gasteiger partial charge on any atom is -0.356 e. The van der Waals surface area contributed by atoms with Gasteiger partial charge >= 0.3 is 0 Å². The van der Waals surface area contributed by atoms with Gasteiger partial charge in [0.1, 0.15) is 0 Å². The van der Waals surface area contributed by atoms with Crippen molar-refractivity contribution in [1.29, 1.82) is 0 Å². The molecule has 4 heteroatoms. The Kier molecular flexibility index (Phi) is 5.27.